The average Bonchev–Trinajstić information content (AvgIpc) is 2.17. The van der Waals surface area contributed by atoms with E-state index in [4.69, 9.17) is 10.3 Å². The lowest BCUT2D eigenvalue weighted by molar-refractivity contribution is 0.482. The van der Waals surface area contributed by atoms with Crippen molar-refractivity contribution in [3.8, 4) is 0 Å². The Hall–Kier alpha value is -1.11. The summed E-state index contributed by atoms with van der Waals surface area (Å²) in [6, 6.07) is 1.45. The SMILES string of the molecule is CNCc1cc(S(=O)(=O)O)c(C)c(N)c1C. The fourth-order valence-corrected chi connectivity index (χ4v) is 2.39. The molecule has 0 radical (unpaired) electrons. The van der Waals surface area contributed by atoms with Crippen molar-refractivity contribution < 1.29 is 13.0 Å². The van der Waals surface area contributed by atoms with E-state index >= 15 is 0 Å². The fourth-order valence-electron chi connectivity index (χ4n) is 1.60. The highest BCUT2D eigenvalue weighted by Gasteiger charge is 2.18. The van der Waals surface area contributed by atoms with Gasteiger partial charge in [-0.3, -0.25) is 4.55 Å². The van der Waals surface area contributed by atoms with Gasteiger partial charge >= 0.3 is 0 Å². The number of rotatable bonds is 3. The molecular weight excluding hydrogens is 228 g/mol. The molecule has 1 aromatic carbocycles. The van der Waals surface area contributed by atoms with Crippen LogP contribution in [0.4, 0.5) is 5.69 Å². The van der Waals surface area contributed by atoms with E-state index in [0.717, 1.165) is 11.1 Å². The van der Waals surface area contributed by atoms with Crippen LogP contribution in [-0.2, 0) is 16.7 Å². The Morgan fingerprint density at radius 1 is 1.38 bits per heavy atom. The van der Waals surface area contributed by atoms with Crippen molar-refractivity contribution in [2.75, 3.05) is 12.8 Å². The molecule has 0 amide bonds. The smallest absolute Gasteiger partial charge is 0.294 e. The molecule has 0 bridgehead atoms. The van der Waals surface area contributed by atoms with E-state index in [-0.39, 0.29) is 4.90 Å². The second-order valence-electron chi connectivity index (χ2n) is 3.70. The van der Waals surface area contributed by atoms with E-state index in [1.54, 1.807) is 14.0 Å². The van der Waals surface area contributed by atoms with Crippen LogP contribution in [-0.4, -0.2) is 20.0 Å². The van der Waals surface area contributed by atoms with Crippen molar-refractivity contribution in [2.24, 2.45) is 0 Å². The second kappa shape index (κ2) is 4.40. The van der Waals surface area contributed by atoms with Crippen molar-refractivity contribution in [3.63, 3.8) is 0 Å². The van der Waals surface area contributed by atoms with E-state index < -0.39 is 10.1 Å². The molecule has 0 atom stereocenters. The van der Waals surface area contributed by atoms with Gasteiger partial charge < -0.3 is 11.1 Å². The molecule has 0 aliphatic rings. The van der Waals surface area contributed by atoms with Crippen LogP contribution in [0.5, 0.6) is 0 Å². The number of benzene rings is 1. The van der Waals surface area contributed by atoms with Gasteiger partial charge in [0.05, 0.1) is 4.90 Å². The van der Waals surface area contributed by atoms with Crippen LogP contribution in [0.15, 0.2) is 11.0 Å². The van der Waals surface area contributed by atoms with Crippen LogP contribution in [0.1, 0.15) is 16.7 Å². The van der Waals surface area contributed by atoms with Crippen LogP contribution < -0.4 is 11.1 Å². The third-order valence-electron chi connectivity index (χ3n) is 2.61. The molecule has 4 N–H and O–H groups in total. The van der Waals surface area contributed by atoms with Gasteiger partial charge in [0.1, 0.15) is 0 Å². The van der Waals surface area contributed by atoms with E-state index in [1.807, 2.05) is 6.92 Å². The Bertz CT molecular complexity index is 509. The summed E-state index contributed by atoms with van der Waals surface area (Å²) >= 11 is 0. The van der Waals surface area contributed by atoms with Crippen molar-refractivity contribution in [3.05, 3.63) is 22.8 Å². The van der Waals surface area contributed by atoms with Gasteiger partial charge in [-0.15, -0.1) is 0 Å². The monoisotopic (exact) mass is 244 g/mol. The Labute approximate surface area is 95.4 Å². The van der Waals surface area contributed by atoms with Gasteiger partial charge in [-0.25, -0.2) is 0 Å². The molecule has 0 aliphatic carbocycles. The maximum atomic E-state index is 11.2. The first kappa shape index (κ1) is 13.0. The molecule has 0 saturated carbocycles. The first-order chi connectivity index (χ1) is 7.29. The molecule has 1 aromatic rings. The van der Waals surface area contributed by atoms with Crippen molar-refractivity contribution in [2.45, 2.75) is 25.3 Å². The normalized spacial score (nSPS) is 11.8. The molecule has 0 heterocycles. The minimum absolute atomic E-state index is 0.124. The lowest BCUT2D eigenvalue weighted by atomic mass is 10.0. The summed E-state index contributed by atoms with van der Waals surface area (Å²) < 4.78 is 31.4. The van der Waals surface area contributed by atoms with Crippen LogP contribution >= 0.6 is 0 Å². The van der Waals surface area contributed by atoms with Gasteiger partial charge in [-0.2, -0.15) is 8.42 Å². The number of nitrogen functional groups attached to an aromatic ring is 1. The van der Waals surface area contributed by atoms with Gasteiger partial charge in [0.25, 0.3) is 10.1 Å². The standard InChI is InChI=1S/C10H16N2O3S/c1-6-8(5-12-3)4-9(16(13,14)15)7(2)10(6)11/h4,12H,5,11H2,1-3H3,(H,13,14,15). The highest BCUT2D eigenvalue weighted by Crippen LogP contribution is 2.27. The summed E-state index contributed by atoms with van der Waals surface area (Å²) in [5.41, 5.74) is 8.19. The molecule has 0 saturated heterocycles. The molecule has 1 rings (SSSR count). The average molecular weight is 244 g/mol. The van der Waals surface area contributed by atoms with E-state index in [0.29, 0.717) is 17.8 Å². The van der Waals surface area contributed by atoms with E-state index in [2.05, 4.69) is 5.32 Å². The number of anilines is 1. The lowest BCUT2D eigenvalue weighted by Gasteiger charge is -2.14. The Morgan fingerprint density at radius 3 is 2.38 bits per heavy atom. The Balaban J connectivity index is 3.54. The van der Waals surface area contributed by atoms with Crippen molar-refractivity contribution in [1.29, 1.82) is 0 Å². The third kappa shape index (κ3) is 2.34. The highest BCUT2D eigenvalue weighted by atomic mass is 32.2. The number of nitrogens with one attached hydrogen (secondary N) is 1. The summed E-state index contributed by atoms with van der Waals surface area (Å²) in [5, 5.41) is 2.92. The summed E-state index contributed by atoms with van der Waals surface area (Å²) in [7, 11) is -2.47. The lowest BCUT2D eigenvalue weighted by Crippen LogP contribution is -2.12. The molecule has 16 heavy (non-hydrogen) atoms. The molecule has 0 aliphatic heterocycles. The first-order valence-corrected chi connectivity index (χ1v) is 6.23. The number of hydrogen-bond donors (Lipinski definition) is 3. The first-order valence-electron chi connectivity index (χ1n) is 4.79. The molecule has 6 heteroatoms. The molecule has 90 valence electrons. The van der Waals surface area contributed by atoms with Crippen molar-refractivity contribution >= 4 is 15.8 Å². The van der Waals surface area contributed by atoms with E-state index in [1.165, 1.54) is 6.07 Å². The summed E-state index contributed by atoms with van der Waals surface area (Å²) in [6.07, 6.45) is 0. The van der Waals surface area contributed by atoms with Crippen LogP contribution in [0, 0.1) is 13.8 Å². The zero-order chi connectivity index (χ0) is 12.5. The largest absolute Gasteiger partial charge is 0.398 e. The van der Waals surface area contributed by atoms with E-state index in [9.17, 15) is 8.42 Å². The van der Waals surface area contributed by atoms with Gasteiger partial charge in [-0.1, -0.05) is 0 Å². The predicted molar refractivity (Wildman–Crippen MR) is 62.9 cm³/mol. The minimum Gasteiger partial charge on any atom is -0.398 e. The van der Waals surface area contributed by atoms with Gasteiger partial charge in [0, 0.05) is 12.2 Å². The predicted octanol–water partition coefficient (Wildman–Crippen LogP) is 0.852. The van der Waals surface area contributed by atoms with Crippen LogP contribution in [0.3, 0.4) is 0 Å². The molecule has 0 aromatic heterocycles. The molecule has 0 unspecified atom stereocenters. The second-order valence-corrected chi connectivity index (χ2v) is 5.09. The quantitative estimate of drug-likeness (QED) is 0.541. The Morgan fingerprint density at radius 2 is 1.94 bits per heavy atom. The number of nitrogens with two attached hydrogens (primary N) is 1. The van der Waals surface area contributed by atoms with Crippen LogP contribution in [0.2, 0.25) is 0 Å². The third-order valence-corrected chi connectivity index (χ3v) is 3.59. The molecule has 5 nitrogen and oxygen atoms in total. The summed E-state index contributed by atoms with van der Waals surface area (Å²) in [4.78, 5) is -0.124. The molecule has 0 fully saturated rings. The van der Waals surface area contributed by atoms with Gasteiger partial charge in [0.15, 0.2) is 0 Å². The van der Waals surface area contributed by atoms with Crippen molar-refractivity contribution in [1.82, 2.24) is 5.32 Å². The van der Waals surface area contributed by atoms with Gasteiger partial charge in [0.2, 0.25) is 0 Å². The highest BCUT2D eigenvalue weighted by molar-refractivity contribution is 7.85. The molecule has 0 spiro atoms. The topological polar surface area (TPSA) is 92.4 Å². The maximum Gasteiger partial charge on any atom is 0.294 e. The minimum atomic E-state index is -4.22. The summed E-state index contributed by atoms with van der Waals surface area (Å²) in [6.45, 7) is 3.90. The zero-order valence-corrected chi connectivity index (χ0v) is 10.4. The van der Waals surface area contributed by atoms with Crippen LogP contribution in [0.25, 0.3) is 0 Å². The molecular formula is C10H16N2O3S. The summed E-state index contributed by atoms with van der Waals surface area (Å²) in [5.74, 6) is 0. The zero-order valence-electron chi connectivity index (χ0n) is 9.53. The Kier molecular flexibility index (Phi) is 3.57. The fraction of sp³-hybridized carbons (Fsp3) is 0.400. The van der Waals surface area contributed by atoms with Gasteiger partial charge in [-0.05, 0) is 43.7 Å². The maximum absolute atomic E-state index is 11.2. The number of hydrogen-bond acceptors (Lipinski definition) is 4.